The molecule has 0 aromatic heterocycles. The van der Waals surface area contributed by atoms with E-state index in [1.165, 1.54) is 0 Å². The van der Waals surface area contributed by atoms with Crippen LogP contribution in [0.25, 0.3) is 0 Å². The third-order valence-corrected chi connectivity index (χ3v) is 4.78. The molecule has 29 heavy (non-hydrogen) atoms. The molecule has 3 rings (SSSR count). The molecule has 1 aliphatic rings. The second-order valence-electron chi connectivity index (χ2n) is 6.51. The fraction of sp³-hybridized carbons (Fsp3) is 0.250. The molecule has 7 N–H and O–H groups in total. The first-order valence-corrected chi connectivity index (χ1v) is 9.53. The molecule has 0 aliphatic carbocycles. The molecule has 1 fully saturated rings. The van der Waals surface area contributed by atoms with Crippen LogP contribution in [0.4, 0.5) is 17.1 Å². The molecule has 1 atom stereocenters. The number of nitrogens with zero attached hydrogens (tertiary/aromatic N) is 1. The second-order valence-corrected chi connectivity index (χ2v) is 6.89. The van der Waals surface area contributed by atoms with E-state index in [1.54, 1.807) is 36.4 Å². The Balaban J connectivity index is 1.77. The summed E-state index contributed by atoms with van der Waals surface area (Å²) in [4.78, 5) is 4.15. The van der Waals surface area contributed by atoms with Gasteiger partial charge in [0, 0.05) is 35.3 Å². The molecule has 1 saturated heterocycles. The zero-order valence-corrected chi connectivity index (χ0v) is 16.5. The number of aliphatic imine (C=N–C) groups is 1. The van der Waals surface area contributed by atoms with E-state index in [0.29, 0.717) is 34.8 Å². The first-order valence-electron chi connectivity index (χ1n) is 9.15. The molecule has 152 valence electrons. The van der Waals surface area contributed by atoms with E-state index in [-0.39, 0.29) is 23.2 Å². The van der Waals surface area contributed by atoms with Crippen LogP contribution in [0.15, 0.2) is 41.4 Å². The molecule has 0 radical (unpaired) electrons. The average molecular weight is 415 g/mol. The summed E-state index contributed by atoms with van der Waals surface area (Å²) in [5, 5.41) is 19.2. The van der Waals surface area contributed by atoms with Gasteiger partial charge in [0.1, 0.15) is 6.23 Å². The maximum absolute atomic E-state index is 8.00. The van der Waals surface area contributed by atoms with E-state index >= 15 is 0 Å². The van der Waals surface area contributed by atoms with Crippen molar-refractivity contribution in [1.82, 2.24) is 0 Å². The minimum Gasteiger partial charge on any atom is -0.407 e. The smallest absolute Gasteiger partial charge is 0.294 e. The van der Waals surface area contributed by atoms with Crippen molar-refractivity contribution < 1.29 is 9.47 Å². The van der Waals surface area contributed by atoms with Crippen LogP contribution in [0, 0.1) is 10.8 Å². The number of benzene rings is 2. The summed E-state index contributed by atoms with van der Waals surface area (Å²) in [6.45, 7) is 0.709. The number of amidine groups is 1. The van der Waals surface area contributed by atoms with Crippen molar-refractivity contribution >= 4 is 46.8 Å². The van der Waals surface area contributed by atoms with Crippen LogP contribution >= 0.6 is 11.6 Å². The van der Waals surface area contributed by atoms with E-state index in [2.05, 4.69) is 10.3 Å². The Hall–Kier alpha value is -3.10. The van der Waals surface area contributed by atoms with Crippen molar-refractivity contribution in [3.63, 3.8) is 0 Å². The predicted octanol–water partition coefficient (Wildman–Crippen LogP) is 3.85. The highest BCUT2D eigenvalue weighted by molar-refractivity contribution is 6.36. The highest BCUT2D eigenvalue weighted by atomic mass is 35.5. The molecular formula is C20H23ClN6O2. The van der Waals surface area contributed by atoms with Crippen LogP contribution in [0.2, 0.25) is 5.02 Å². The van der Waals surface area contributed by atoms with Gasteiger partial charge in [-0.25, -0.2) is 0 Å². The van der Waals surface area contributed by atoms with Gasteiger partial charge in [0.25, 0.3) is 6.02 Å². The molecule has 1 aliphatic heterocycles. The van der Waals surface area contributed by atoms with Gasteiger partial charge in [-0.1, -0.05) is 17.7 Å². The lowest BCUT2D eigenvalue weighted by atomic mass is 10.1. The van der Waals surface area contributed by atoms with Gasteiger partial charge in [-0.3, -0.25) is 5.41 Å². The number of rotatable bonds is 5. The highest BCUT2D eigenvalue weighted by Crippen LogP contribution is 2.33. The highest BCUT2D eigenvalue weighted by Gasteiger charge is 2.17. The third-order valence-electron chi connectivity index (χ3n) is 4.39. The molecule has 1 unspecified atom stereocenters. The van der Waals surface area contributed by atoms with Crippen molar-refractivity contribution in [1.29, 1.82) is 10.8 Å². The minimum atomic E-state index is -0.244. The fourth-order valence-corrected chi connectivity index (χ4v) is 3.21. The first-order chi connectivity index (χ1) is 14.0. The Labute approximate surface area is 173 Å². The molecule has 2 aromatic carbocycles. The number of nitrogens with one attached hydrogen (secondary N) is 3. The first kappa shape index (κ1) is 20.6. The number of anilines is 2. The third kappa shape index (κ3) is 5.24. The molecule has 0 amide bonds. The number of hydrogen-bond acceptors (Lipinski definition) is 7. The van der Waals surface area contributed by atoms with Crippen LogP contribution in [0.3, 0.4) is 0 Å². The van der Waals surface area contributed by atoms with Gasteiger partial charge in [-0.15, -0.1) is 0 Å². The van der Waals surface area contributed by atoms with Crippen molar-refractivity contribution in [3.8, 4) is 0 Å². The van der Waals surface area contributed by atoms with E-state index in [9.17, 15) is 0 Å². The van der Waals surface area contributed by atoms with Gasteiger partial charge < -0.3 is 31.7 Å². The lowest BCUT2D eigenvalue weighted by Gasteiger charge is -2.25. The SMILES string of the molecule is N=Cc1c(NC2CCCCO2)ccc(N=C(N)OC(=N)c2cccc(N)c2)c1Cl. The van der Waals surface area contributed by atoms with Gasteiger partial charge in [0.05, 0.1) is 10.7 Å². The van der Waals surface area contributed by atoms with Crippen LogP contribution in [0.5, 0.6) is 0 Å². The Morgan fingerprint density at radius 3 is 2.83 bits per heavy atom. The predicted molar refractivity (Wildman–Crippen MR) is 117 cm³/mol. The second kappa shape index (κ2) is 9.40. The van der Waals surface area contributed by atoms with Gasteiger partial charge in [0.15, 0.2) is 0 Å². The molecule has 0 bridgehead atoms. The summed E-state index contributed by atoms with van der Waals surface area (Å²) in [6, 6.07) is 9.89. The van der Waals surface area contributed by atoms with Crippen LogP contribution in [-0.4, -0.2) is 31.0 Å². The van der Waals surface area contributed by atoms with Crippen molar-refractivity contribution in [2.75, 3.05) is 17.7 Å². The standard InChI is InChI=1S/C20H23ClN6O2/c21-18-14(11-22)15(26-17-6-1-2-9-28-17)7-8-16(18)27-20(25)29-19(24)12-4-3-5-13(23)10-12/h3-5,7-8,10-11,17,22,24,26H,1-2,6,9,23H2,(H2,25,27). The summed E-state index contributed by atoms with van der Waals surface area (Å²) in [7, 11) is 0. The monoisotopic (exact) mass is 414 g/mol. The molecule has 0 saturated carbocycles. The lowest BCUT2D eigenvalue weighted by molar-refractivity contribution is 0.0343. The van der Waals surface area contributed by atoms with Gasteiger partial charge in [-0.2, -0.15) is 4.99 Å². The summed E-state index contributed by atoms with van der Waals surface area (Å²) in [6.07, 6.45) is 4.06. The van der Waals surface area contributed by atoms with Crippen LogP contribution in [-0.2, 0) is 9.47 Å². The normalized spacial score (nSPS) is 16.9. The maximum Gasteiger partial charge on any atom is 0.294 e. The Kier molecular flexibility index (Phi) is 6.69. The summed E-state index contributed by atoms with van der Waals surface area (Å²) in [5.74, 6) is -0.185. The van der Waals surface area contributed by atoms with Crippen LogP contribution in [0.1, 0.15) is 30.4 Å². The zero-order chi connectivity index (χ0) is 20.8. The van der Waals surface area contributed by atoms with Crippen molar-refractivity contribution in [2.45, 2.75) is 25.5 Å². The minimum absolute atomic E-state index is 0.111. The van der Waals surface area contributed by atoms with E-state index in [0.717, 1.165) is 25.5 Å². The number of nitrogens with two attached hydrogens (primary N) is 2. The summed E-state index contributed by atoms with van der Waals surface area (Å²) in [5.41, 5.74) is 14.0. The number of hydrogen-bond donors (Lipinski definition) is 5. The van der Waals surface area contributed by atoms with Gasteiger partial charge >= 0.3 is 0 Å². The quantitative estimate of drug-likeness (QED) is 0.287. The molecule has 8 nitrogen and oxygen atoms in total. The largest absolute Gasteiger partial charge is 0.407 e. The van der Waals surface area contributed by atoms with E-state index < -0.39 is 0 Å². The molecule has 1 heterocycles. The average Bonchev–Trinajstić information content (AvgIpc) is 2.71. The lowest BCUT2D eigenvalue weighted by Crippen LogP contribution is -2.27. The molecule has 2 aromatic rings. The fourth-order valence-electron chi connectivity index (χ4n) is 2.95. The Morgan fingerprint density at radius 2 is 2.14 bits per heavy atom. The Morgan fingerprint density at radius 1 is 1.31 bits per heavy atom. The van der Waals surface area contributed by atoms with Gasteiger partial charge in [-0.05, 0) is 49.6 Å². The topological polar surface area (TPSA) is 143 Å². The van der Waals surface area contributed by atoms with E-state index in [1.807, 2.05) is 0 Å². The van der Waals surface area contributed by atoms with Crippen molar-refractivity contribution in [2.24, 2.45) is 10.7 Å². The number of ether oxygens (including phenoxy) is 2. The zero-order valence-electron chi connectivity index (χ0n) is 15.7. The maximum atomic E-state index is 8.00. The van der Waals surface area contributed by atoms with Gasteiger partial charge in [0.2, 0.25) is 5.90 Å². The van der Waals surface area contributed by atoms with Crippen molar-refractivity contribution in [3.05, 3.63) is 52.5 Å². The summed E-state index contributed by atoms with van der Waals surface area (Å²) < 4.78 is 11.0. The molecular weight excluding hydrogens is 392 g/mol. The number of halogens is 1. The molecule has 9 heteroatoms. The Bertz CT molecular complexity index is 941. The van der Waals surface area contributed by atoms with E-state index in [4.69, 9.17) is 43.4 Å². The molecule has 0 spiro atoms. The summed E-state index contributed by atoms with van der Waals surface area (Å²) >= 11 is 6.43. The van der Waals surface area contributed by atoms with Crippen LogP contribution < -0.4 is 16.8 Å². The number of nitrogen functional groups attached to an aromatic ring is 1.